The molecule has 0 saturated carbocycles. The molecule has 1 atom stereocenters. The summed E-state index contributed by atoms with van der Waals surface area (Å²) < 4.78 is 5.17. The van der Waals surface area contributed by atoms with Crippen molar-refractivity contribution in [1.29, 1.82) is 0 Å². The number of rotatable bonds is 9. The largest absolute Gasteiger partial charge is 0.481 e. The summed E-state index contributed by atoms with van der Waals surface area (Å²) in [5, 5.41) is 12.3. The van der Waals surface area contributed by atoms with Gasteiger partial charge in [-0.1, -0.05) is 43.3 Å². The highest BCUT2D eigenvalue weighted by molar-refractivity contribution is 6.02. The standard InChI is InChI=1S/C26H32N4O6/c1-3-22(31)30(20-11-7-10-19(16-20)28-25(27)35)26(24(34)36-2)12-14-29(15-13-26)17-21(23(32)33)18-8-5-4-6-9-18/h4-11,16,21H,3,12-15,17H2,1-2H3,(H,32,33)(H3,27,28,35). The highest BCUT2D eigenvalue weighted by Gasteiger charge is 2.50. The second kappa shape index (κ2) is 11.7. The summed E-state index contributed by atoms with van der Waals surface area (Å²) >= 11 is 0. The number of nitrogens with zero attached hydrogens (tertiary/aromatic N) is 2. The number of urea groups is 1. The molecule has 10 heteroatoms. The Bertz CT molecular complexity index is 1100. The van der Waals surface area contributed by atoms with E-state index in [1.807, 2.05) is 11.0 Å². The van der Waals surface area contributed by atoms with Gasteiger partial charge < -0.3 is 25.8 Å². The van der Waals surface area contributed by atoms with E-state index in [-0.39, 0.29) is 31.7 Å². The van der Waals surface area contributed by atoms with E-state index in [4.69, 9.17) is 10.5 Å². The highest BCUT2D eigenvalue weighted by atomic mass is 16.5. The molecule has 36 heavy (non-hydrogen) atoms. The maximum atomic E-state index is 13.2. The molecule has 0 bridgehead atoms. The quantitative estimate of drug-likeness (QED) is 0.453. The predicted octanol–water partition coefficient (Wildman–Crippen LogP) is 2.80. The molecule has 1 heterocycles. The van der Waals surface area contributed by atoms with E-state index in [1.54, 1.807) is 55.5 Å². The van der Waals surface area contributed by atoms with Gasteiger partial charge >= 0.3 is 18.0 Å². The van der Waals surface area contributed by atoms with Gasteiger partial charge in [0.2, 0.25) is 5.91 Å². The first-order valence-electron chi connectivity index (χ1n) is 11.8. The number of esters is 1. The molecule has 0 radical (unpaired) electrons. The second-order valence-corrected chi connectivity index (χ2v) is 8.75. The van der Waals surface area contributed by atoms with E-state index in [9.17, 15) is 24.3 Å². The minimum Gasteiger partial charge on any atom is -0.481 e. The van der Waals surface area contributed by atoms with Crippen LogP contribution in [0.25, 0.3) is 0 Å². The van der Waals surface area contributed by atoms with Gasteiger partial charge in [-0.25, -0.2) is 9.59 Å². The monoisotopic (exact) mass is 496 g/mol. The lowest BCUT2D eigenvalue weighted by Crippen LogP contribution is -2.63. The van der Waals surface area contributed by atoms with Gasteiger partial charge in [-0.15, -0.1) is 0 Å². The Morgan fingerprint density at radius 3 is 2.33 bits per heavy atom. The summed E-state index contributed by atoms with van der Waals surface area (Å²) in [7, 11) is 1.28. The fourth-order valence-electron chi connectivity index (χ4n) is 4.74. The minimum atomic E-state index is -1.28. The van der Waals surface area contributed by atoms with E-state index >= 15 is 0 Å². The van der Waals surface area contributed by atoms with Crippen LogP contribution >= 0.6 is 0 Å². The van der Waals surface area contributed by atoms with E-state index < -0.39 is 29.4 Å². The topological polar surface area (TPSA) is 142 Å². The van der Waals surface area contributed by atoms with Crippen molar-refractivity contribution in [2.75, 3.05) is 37.0 Å². The SMILES string of the molecule is CCC(=O)N(c1cccc(NC(N)=O)c1)C1(C(=O)OC)CCN(CC(C(=O)O)c2ccccc2)CC1. The van der Waals surface area contributed by atoms with E-state index in [2.05, 4.69) is 5.32 Å². The summed E-state index contributed by atoms with van der Waals surface area (Å²) in [6.45, 7) is 2.76. The summed E-state index contributed by atoms with van der Waals surface area (Å²) in [5.74, 6) is -2.47. The van der Waals surface area contributed by atoms with Crippen LogP contribution in [-0.2, 0) is 19.1 Å². The molecule has 2 aromatic rings. The van der Waals surface area contributed by atoms with Crippen LogP contribution < -0.4 is 16.0 Å². The number of methoxy groups -OCH3 is 1. The number of aliphatic carboxylic acids is 1. The number of hydrogen-bond acceptors (Lipinski definition) is 6. The van der Waals surface area contributed by atoms with E-state index in [0.29, 0.717) is 30.0 Å². The lowest BCUT2D eigenvalue weighted by atomic mass is 9.84. The number of nitrogens with two attached hydrogens (primary N) is 1. The number of carbonyl (C=O) groups is 4. The molecule has 0 aromatic heterocycles. The average molecular weight is 497 g/mol. The predicted molar refractivity (Wildman–Crippen MR) is 135 cm³/mol. The fraction of sp³-hybridized carbons (Fsp3) is 0.385. The van der Waals surface area contributed by atoms with E-state index in [0.717, 1.165) is 0 Å². The number of carboxylic acid groups (broad SMARTS) is 1. The number of likely N-dealkylation sites (tertiary alicyclic amines) is 1. The molecular formula is C26H32N4O6. The average Bonchev–Trinajstić information content (AvgIpc) is 2.87. The molecule has 2 aromatic carbocycles. The van der Waals surface area contributed by atoms with Crippen LogP contribution in [-0.4, -0.2) is 66.2 Å². The first kappa shape index (κ1) is 26.7. The van der Waals surface area contributed by atoms with Crippen molar-refractivity contribution in [3.05, 3.63) is 60.2 Å². The van der Waals surface area contributed by atoms with Gasteiger partial charge in [0.15, 0.2) is 0 Å². The fourth-order valence-corrected chi connectivity index (χ4v) is 4.74. The zero-order chi connectivity index (χ0) is 26.3. The molecule has 10 nitrogen and oxygen atoms in total. The summed E-state index contributed by atoms with van der Waals surface area (Å²) in [6, 6.07) is 14.8. The lowest BCUT2D eigenvalue weighted by molar-refractivity contribution is -0.151. The Balaban J connectivity index is 1.90. The normalized spacial score (nSPS) is 15.9. The van der Waals surface area contributed by atoms with Crippen LogP contribution in [0.3, 0.4) is 0 Å². The number of carboxylic acids is 1. The van der Waals surface area contributed by atoms with Gasteiger partial charge in [0.25, 0.3) is 0 Å². The zero-order valence-electron chi connectivity index (χ0n) is 20.5. The van der Waals surface area contributed by atoms with Crippen molar-refractivity contribution in [2.45, 2.75) is 37.6 Å². The number of nitrogens with one attached hydrogen (secondary N) is 1. The van der Waals surface area contributed by atoms with Crippen molar-refractivity contribution in [1.82, 2.24) is 4.90 Å². The van der Waals surface area contributed by atoms with Crippen molar-refractivity contribution >= 4 is 35.3 Å². The Kier molecular flexibility index (Phi) is 8.65. The smallest absolute Gasteiger partial charge is 0.332 e. The lowest BCUT2D eigenvalue weighted by Gasteiger charge is -2.46. The van der Waals surface area contributed by atoms with Crippen LogP contribution in [0, 0.1) is 0 Å². The molecule has 1 aliphatic heterocycles. The molecule has 192 valence electrons. The molecule has 4 N–H and O–H groups in total. The Morgan fingerprint density at radius 1 is 1.11 bits per heavy atom. The number of ether oxygens (including phenoxy) is 1. The Morgan fingerprint density at radius 2 is 1.78 bits per heavy atom. The molecular weight excluding hydrogens is 464 g/mol. The van der Waals surface area contributed by atoms with E-state index in [1.165, 1.54) is 12.0 Å². The Hall–Kier alpha value is -3.92. The summed E-state index contributed by atoms with van der Waals surface area (Å²) in [4.78, 5) is 53.2. The number of carbonyl (C=O) groups excluding carboxylic acids is 3. The van der Waals surface area contributed by atoms with Crippen LogP contribution in [0.15, 0.2) is 54.6 Å². The Labute approximate surface area is 210 Å². The third-order valence-electron chi connectivity index (χ3n) is 6.54. The molecule has 3 rings (SSSR count). The maximum absolute atomic E-state index is 13.2. The van der Waals surface area contributed by atoms with Crippen molar-refractivity contribution < 1.29 is 29.0 Å². The molecule has 1 aliphatic rings. The molecule has 0 aliphatic carbocycles. The van der Waals surface area contributed by atoms with Crippen LogP contribution in [0.1, 0.15) is 37.7 Å². The summed E-state index contributed by atoms with van der Waals surface area (Å²) in [6.07, 6.45) is 0.644. The van der Waals surface area contributed by atoms with Crippen LogP contribution in [0.4, 0.5) is 16.2 Å². The van der Waals surface area contributed by atoms with Gasteiger partial charge in [0.05, 0.1) is 13.0 Å². The third-order valence-corrected chi connectivity index (χ3v) is 6.54. The van der Waals surface area contributed by atoms with Gasteiger partial charge in [-0.05, 0) is 36.6 Å². The number of hydrogen-bond donors (Lipinski definition) is 3. The number of amides is 3. The molecule has 1 saturated heterocycles. The van der Waals surface area contributed by atoms with Crippen molar-refractivity contribution in [3.8, 4) is 0 Å². The van der Waals surface area contributed by atoms with Crippen LogP contribution in [0.5, 0.6) is 0 Å². The van der Waals surface area contributed by atoms with Gasteiger partial charge in [-0.2, -0.15) is 0 Å². The second-order valence-electron chi connectivity index (χ2n) is 8.75. The maximum Gasteiger partial charge on any atom is 0.332 e. The highest BCUT2D eigenvalue weighted by Crippen LogP contribution is 2.37. The van der Waals surface area contributed by atoms with Gasteiger partial charge in [-0.3, -0.25) is 14.5 Å². The molecule has 1 fully saturated rings. The molecule has 0 spiro atoms. The van der Waals surface area contributed by atoms with Crippen molar-refractivity contribution in [2.24, 2.45) is 5.73 Å². The van der Waals surface area contributed by atoms with Crippen LogP contribution in [0.2, 0.25) is 0 Å². The third kappa shape index (κ3) is 5.83. The molecule has 1 unspecified atom stereocenters. The van der Waals surface area contributed by atoms with Gasteiger partial charge in [0.1, 0.15) is 5.54 Å². The number of piperidine rings is 1. The first-order valence-corrected chi connectivity index (χ1v) is 11.8. The zero-order valence-corrected chi connectivity index (χ0v) is 20.5. The minimum absolute atomic E-state index is 0.144. The number of anilines is 2. The summed E-state index contributed by atoms with van der Waals surface area (Å²) in [5.41, 5.74) is 5.48. The van der Waals surface area contributed by atoms with Crippen molar-refractivity contribution in [3.63, 3.8) is 0 Å². The molecule has 3 amide bonds. The number of benzene rings is 2. The number of primary amides is 1. The van der Waals surface area contributed by atoms with Gasteiger partial charge in [0, 0.05) is 37.4 Å². The first-order chi connectivity index (χ1) is 17.2.